The average Bonchev–Trinajstić information content (AvgIpc) is 2.77. The van der Waals surface area contributed by atoms with Crippen LogP contribution in [0, 0.1) is 0 Å². The number of nitrogens with one attached hydrogen (secondary N) is 2. The zero-order chi connectivity index (χ0) is 13.1. The number of hydrogen-bond acceptors (Lipinski definition) is 4. The van der Waals surface area contributed by atoms with Gasteiger partial charge in [0.25, 0.3) is 5.91 Å². The normalized spacial score (nSPS) is 14.1. The van der Waals surface area contributed by atoms with Gasteiger partial charge in [0.05, 0.1) is 0 Å². The summed E-state index contributed by atoms with van der Waals surface area (Å²) in [6.07, 6.45) is 0.906. The first-order valence-corrected chi connectivity index (χ1v) is 5.40. The SMILES string of the molecule is CCc1nc(C(=O)NC(C)(CC)C(=O)O)n[nH]1. The smallest absolute Gasteiger partial charge is 0.329 e. The molecule has 0 saturated heterocycles. The highest BCUT2D eigenvalue weighted by atomic mass is 16.4. The second-order valence-corrected chi connectivity index (χ2v) is 3.90. The number of carboxylic acids is 1. The number of H-pyrrole nitrogens is 1. The molecular formula is C10H16N4O3. The van der Waals surface area contributed by atoms with Crippen molar-refractivity contribution in [1.29, 1.82) is 0 Å². The molecule has 0 aliphatic heterocycles. The van der Waals surface area contributed by atoms with Crippen LogP contribution < -0.4 is 5.32 Å². The molecule has 1 atom stereocenters. The number of aryl methyl sites for hydroxylation is 1. The molecule has 94 valence electrons. The third-order valence-corrected chi connectivity index (χ3v) is 2.64. The number of carboxylic acid groups (broad SMARTS) is 1. The lowest BCUT2D eigenvalue weighted by atomic mass is 9.99. The van der Waals surface area contributed by atoms with Crippen molar-refractivity contribution in [2.24, 2.45) is 0 Å². The molecule has 0 aliphatic rings. The van der Waals surface area contributed by atoms with Crippen molar-refractivity contribution in [2.45, 2.75) is 39.2 Å². The highest BCUT2D eigenvalue weighted by Crippen LogP contribution is 2.10. The summed E-state index contributed by atoms with van der Waals surface area (Å²) < 4.78 is 0. The van der Waals surface area contributed by atoms with Gasteiger partial charge in [-0.25, -0.2) is 9.78 Å². The summed E-state index contributed by atoms with van der Waals surface area (Å²) in [6.45, 7) is 5.00. The number of aromatic amines is 1. The lowest BCUT2D eigenvalue weighted by molar-refractivity contribution is -0.143. The number of carbonyl (C=O) groups is 2. The number of nitrogens with zero attached hydrogens (tertiary/aromatic N) is 2. The van der Waals surface area contributed by atoms with Gasteiger partial charge in [-0.05, 0) is 13.3 Å². The molecule has 1 unspecified atom stereocenters. The van der Waals surface area contributed by atoms with Crippen molar-refractivity contribution in [3.63, 3.8) is 0 Å². The molecule has 7 heteroatoms. The van der Waals surface area contributed by atoms with E-state index in [0.29, 0.717) is 12.2 Å². The lowest BCUT2D eigenvalue weighted by Crippen LogP contribution is -2.51. The Kier molecular flexibility index (Phi) is 3.82. The fraction of sp³-hybridized carbons (Fsp3) is 0.600. The van der Waals surface area contributed by atoms with Gasteiger partial charge >= 0.3 is 5.97 Å². The molecule has 0 aromatic carbocycles. The van der Waals surface area contributed by atoms with Crippen molar-refractivity contribution < 1.29 is 14.7 Å². The molecule has 17 heavy (non-hydrogen) atoms. The van der Waals surface area contributed by atoms with E-state index in [2.05, 4.69) is 20.5 Å². The molecule has 1 rings (SSSR count). The maximum absolute atomic E-state index is 11.7. The molecule has 0 bridgehead atoms. The van der Waals surface area contributed by atoms with Crippen LogP contribution in [0.3, 0.4) is 0 Å². The molecule has 0 fully saturated rings. The first kappa shape index (κ1) is 13.1. The predicted molar refractivity (Wildman–Crippen MR) is 59.6 cm³/mol. The zero-order valence-corrected chi connectivity index (χ0v) is 10.1. The molecule has 0 radical (unpaired) electrons. The summed E-state index contributed by atoms with van der Waals surface area (Å²) in [5.74, 6) is -1.13. The summed E-state index contributed by atoms with van der Waals surface area (Å²) in [5, 5.41) is 17.8. The molecule has 1 heterocycles. The lowest BCUT2D eigenvalue weighted by Gasteiger charge is -2.23. The number of rotatable bonds is 5. The van der Waals surface area contributed by atoms with Crippen molar-refractivity contribution >= 4 is 11.9 Å². The van der Waals surface area contributed by atoms with Crippen molar-refractivity contribution in [2.75, 3.05) is 0 Å². The van der Waals surface area contributed by atoms with Gasteiger partial charge in [0.2, 0.25) is 5.82 Å². The molecular weight excluding hydrogens is 224 g/mol. The fourth-order valence-electron chi connectivity index (χ4n) is 1.15. The Morgan fingerprint density at radius 3 is 2.53 bits per heavy atom. The van der Waals surface area contributed by atoms with Crippen LogP contribution in [0.2, 0.25) is 0 Å². The number of aliphatic carboxylic acids is 1. The van der Waals surface area contributed by atoms with E-state index in [0.717, 1.165) is 0 Å². The van der Waals surface area contributed by atoms with Crippen molar-refractivity contribution in [3.8, 4) is 0 Å². The van der Waals surface area contributed by atoms with Gasteiger partial charge in [0.1, 0.15) is 11.4 Å². The van der Waals surface area contributed by atoms with Crippen molar-refractivity contribution in [1.82, 2.24) is 20.5 Å². The third kappa shape index (κ3) is 2.80. The largest absolute Gasteiger partial charge is 0.480 e. The Balaban J connectivity index is 2.81. The first-order chi connectivity index (χ1) is 7.92. The van der Waals surface area contributed by atoms with Gasteiger partial charge in [-0.2, -0.15) is 0 Å². The fourth-order valence-corrected chi connectivity index (χ4v) is 1.15. The van der Waals surface area contributed by atoms with Gasteiger partial charge in [-0.3, -0.25) is 9.89 Å². The molecule has 3 N–H and O–H groups in total. The highest BCUT2D eigenvalue weighted by Gasteiger charge is 2.33. The minimum Gasteiger partial charge on any atom is -0.480 e. The van der Waals surface area contributed by atoms with Gasteiger partial charge < -0.3 is 10.4 Å². The van der Waals surface area contributed by atoms with E-state index in [4.69, 9.17) is 5.11 Å². The Hall–Kier alpha value is -1.92. The monoisotopic (exact) mass is 240 g/mol. The number of hydrogen-bond donors (Lipinski definition) is 3. The van der Waals surface area contributed by atoms with Crippen LogP contribution in [0.1, 0.15) is 43.6 Å². The topological polar surface area (TPSA) is 108 Å². The van der Waals surface area contributed by atoms with Gasteiger partial charge in [0, 0.05) is 6.42 Å². The molecule has 0 spiro atoms. The molecule has 0 saturated carbocycles. The maximum atomic E-state index is 11.7. The Morgan fingerprint density at radius 2 is 2.12 bits per heavy atom. The van der Waals surface area contributed by atoms with Crippen LogP contribution in [0.15, 0.2) is 0 Å². The van der Waals surface area contributed by atoms with E-state index in [-0.39, 0.29) is 12.2 Å². The van der Waals surface area contributed by atoms with Crippen LogP contribution in [-0.4, -0.2) is 37.7 Å². The summed E-state index contributed by atoms with van der Waals surface area (Å²) in [7, 11) is 0. The number of amides is 1. The summed E-state index contributed by atoms with van der Waals surface area (Å²) in [6, 6.07) is 0. The standard InChI is InChI=1S/C10H16N4O3/c1-4-6-11-7(14-13-6)8(15)12-10(3,5-2)9(16)17/h4-5H2,1-3H3,(H,12,15)(H,16,17)(H,11,13,14). The Bertz CT molecular complexity index is 429. The highest BCUT2D eigenvalue weighted by molar-refractivity contribution is 5.94. The van der Waals surface area contributed by atoms with Crippen molar-refractivity contribution in [3.05, 3.63) is 11.6 Å². The summed E-state index contributed by atoms with van der Waals surface area (Å²) in [5.41, 5.74) is -1.30. The second-order valence-electron chi connectivity index (χ2n) is 3.90. The minimum atomic E-state index is -1.30. The van der Waals surface area contributed by atoms with Crippen LogP contribution >= 0.6 is 0 Å². The van der Waals surface area contributed by atoms with E-state index in [1.807, 2.05) is 6.92 Å². The minimum absolute atomic E-state index is 0.0391. The zero-order valence-electron chi connectivity index (χ0n) is 10.1. The van der Waals surface area contributed by atoms with Gasteiger partial charge in [0.15, 0.2) is 0 Å². The van der Waals surface area contributed by atoms with Crippen LogP contribution in [0.4, 0.5) is 0 Å². The number of carbonyl (C=O) groups excluding carboxylic acids is 1. The molecule has 1 amide bonds. The molecule has 0 aliphatic carbocycles. The second kappa shape index (κ2) is 4.94. The van der Waals surface area contributed by atoms with Gasteiger partial charge in [-0.1, -0.05) is 13.8 Å². The van der Waals surface area contributed by atoms with E-state index < -0.39 is 17.4 Å². The van der Waals surface area contributed by atoms with Crippen LogP contribution in [0.25, 0.3) is 0 Å². The van der Waals surface area contributed by atoms with E-state index in [1.165, 1.54) is 6.92 Å². The first-order valence-electron chi connectivity index (χ1n) is 5.40. The number of aromatic nitrogens is 3. The summed E-state index contributed by atoms with van der Waals surface area (Å²) >= 11 is 0. The van der Waals surface area contributed by atoms with E-state index in [1.54, 1.807) is 6.92 Å². The van der Waals surface area contributed by atoms with E-state index >= 15 is 0 Å². The Morgan fingerprint density at radius 1 is 1.47 bits per heavy atom. The van der Waals surface area contributed by atoms with E-state index in [9.17, 15) is 9.59 Å². The summed E-state index contributed by atoms with van der Waals surface area (Å²) in [4.78, 5) is 26.7. The molecule has 1 aromatic rings. The predicted octanol–water partition coefficient (Wildman–Crippen LogP) is 0.350. The maximum Gasteiger partial charge on any atom is 0.329 e. The molecule has 7 nitrogen and oxygen atoms in total. The Labute approximate surface area is 98.6 Å². The third-order valence-electron chi connectivity index (χ3n) is 2.64. The molecule has 1 aromatic heterocycles. The van der Waals surface area contributed by atoms with Crippen LogP contribution in [0.5, 0.6) is 0 Å². The van der Waals surface area contributed by atoms with Gasteiger partial charge in [-0.15, -0.1) is 5.10 Å². The quantitative estimate of drug-likeness (QED) is 0.688. The average molecular weight is 240 g/mol. The van der Waals surface area contributed by atoms with Crippen LogP contribution in [-0.2, 0) is 11.2 Å².